The fourth-order valence-electron chi connectivity index (χ4n) is 2.63. The van der Waals surface area contributed by atoms with Crippen LogP contribution in [0.15, 0.2) is 5.03 Å². The molecule has 102 valence electrons. The van der Waals surface area contributed by atoms with Crippen LogP contribution < -0.4 is 0 Å². The Morgan fingerprint density at radius 3 is 2.53 bits per heavy atom. The molecule has 0 aromatic carbocycles. The SMILES string of the molecule is CCc1c(C)nc2c(c1C)C(C#N)C(S(C)(=O)=O)S2. The Morgan fingerprint density at radius 2 is 2.05 bits per heavy atom. The van der Waals surface area contributed by atoms with Gasteiger partial charge in [-0.2, -0.15) is 5.26 Å². The Morgan fingerprint density at radius 1 is 1.42 bits per heavy atom. The number of hydrogen-bond acceptors (Lipinski definition) is 5. The number of thioether (sulfide) groups is 1. The van der Waals surface area contributed by atoms with E-state index in [1.807, 2.05) is 20.8 Å². The second-order valence-corrected chi connectivity index (χ2v) is 8.39. The number of pyridine rings is 1. The molecule has 4 nitrogen and oxygen atoms in total. The quantitative estimate of drug-likeness (QED) is 0.837. The molecule has 0 amide bonds. The lowest BCUT2D eigenvalue weighted by Gasteiger charge is -2.14. The second kappa shape index (κ2) is 4.80. The third kappa shape index (κ3) is 2.26. The Hall–Kier alpha value is -1.06. The van der Waals surface area contributed by atoms with Gasteiger partial charge >= 0.3 is 0 Å². The van der Waals surface area contributed by atoms with Crippen LogP contribution in [0.5, 0.6) is 0 Å². The standard InChI is InChI=1S/C13H16N2O2S2/c1-5-9-7(2)11-10(6-14)13(19(4,16)17)18-12(11)15-8(9)3/h10,13H,5H2,1-4H3. The van der Waals surface area contributed by atoms with Gasteiger partial charge in [0.25, 0.3) is 0 Å². The Balaban J connectivity index is 2.68. The van der Waals surface area contributed by atoms with Crippen molar-refractivity contribution in [3.63, 3.8) is 0 Å². The lowest BCUT2D eigenvalue weighted by molar-refractivity contribution is 0.596. The van der Waals surface area contributed by atoms with Crippen LogP contribution in [0.3, 0.4) is 0 Å². The molecule has 0 aliphatic carbocycles. The fraction of sp³-hybridized carbons (Fsp3) is 0.538. The first-order valence-corrected chi connectivity index (χ1v) is 8.89. The number of hydrogen-bond donors (Lipinski definition) is 0. The summed E-state index contributed by atoms with van der Waals surface area (Å²) >= 11 is 1.20. The molecule has 0 fully saturated rings. The summed E-state index contributed by atoms with van der Waals surface area (Å²) in [6, 6.07) is 2.15. The van der Waals surface area contributed by atoms with E-state index in [0.717, 1.165) is 28.8 Å². The molecule has 2 atom stereocenters. The molecule has 0 saturated heterocycles. The highest BCUT2D eigenvalue weighted by atomic mass is 32.3. The maximum Gasteiger partial charge on any atom is 0.161 e. The van der Waals surface area contributed by atoms with E-state index in [1.165, 1.54) is 18.0 Å². The van der Waals surface area contributed by atoms with Crippen LogP contribution in [0.25, 0.3) is 0 Å². The molecule has 1 aliphatic rings. The molecule has 1 aromatic rings. The summed E-state index contributed by atoms with van der Waals surface area (Å²) in [5.74, 6) is -0.617. The van der Waals surface area contributed by atoms with Crippen LogP contribution in [0.1, 0.15) is 35.2 Å². The highest BCUT2D eigenvalue weighted by Crippen LogP contribution is 2.48. The Kier molecular flexibility index (Phi) is 3.63. The van der Waals surface area contributed by atoms with Gasteiger partial charge in [0.2, 0.25) is 0 Å². The third-order valence-corrected chi connectivity index (χ3v) is 7.01. The van der Waals surface area contributed by atoms with Crippen LogP contribution >= 0.6 is 11.8 Å². The predicted octanol–water partition coefficient (Wildman–Crippen LogP) is 2.34. The number of aryl methyl sites for hydroxylation is 1. The average molecular weight is 296 g/mol. The van der Waals surface area contributed by atoms with Crippen molar-refractivity contribution in [2.75, 3.05) is 6.26 Å². The molecule has 6 heteroatoms. The fourth-order valence-corrected chi connectivity index (χ4v) is 5.44. The zero-order valence-corrected chi connectivity index (χ0v) is 13.0. The van der Waals surface area contributed by atoms with Gasteiger partial charge in [0.05, 0.1) is 6.07 Å². The first-order valence-electron chi connectivity index (χ1n) is 6.06. The van der Waals surface area contributed by atoms with Gasteiger partial charge in [-0.25, -0.2) is 13.4 Å². The van der Waals surface area contributed by atoms with Gasteiger partial charge in [0.15, 0.2) is 9.84 Å². The molecular weight excluding hydrogens is 280 g/mol. The van der Waals surface area contributed by atoms with Gasteiger partial charge in [-0.1, -0.05) is 18.7 Å². The lowest BCUT2D eigenvalue weighted by Crippen LogP contribution is -2.20. The third-order valence-electron chi connectivity index (χ3n) is 3.52. The van der Waals surface area contributed by atoms with Crippen molar-refractivity contribution >= 4 is 21.6 Å². The smallest absolute Gasteiger partial charge is 0.161 e. The summed E-state index contributed by atoms with van der Waals surface area (Å²) < 4.78 is 22.9. The largest absolute Gasteiger partial charge is 0.246 e. The van der Waals surface area contributed by atoms with E-state index in [0.29, 0.717) is 5.03 Å². The van der Waals surface area contributed by atoms with Gasteiger partial charge in [0, 0.05) is 17.5 Å². The summed E-state index contributed by atoms with van der Waals surface area (Å²) in [6.45, 7) is 5.94. The van der Waals surface area contributed by atoms with Crippen LogP contribution in [0.2, 0.25) is 0 Å². The van der Waals surface area contributed by atoms with Crippen LogP contribution in [0, 0.1) is 25.2 Å². The molecule has 2 heterocycles. The van der Waals surface area contributed by atoms with E-state index >= 15 is 0 Å². The number of sulfone groups is 1. The van der Waals surface area contributed by atoms with Crippen LogP contribution in [-0.4, -0.2) is 24.2 Å². The summed E-state index contributed by atoms with van der Waals surface area (Å²) in [4.78, 5) is 4.49. The van der Waals surface area contributed by atoms with Gasteiger partial charge in [-0.15, -0.1) is 0 Å². The summed E-state index contributed by atoms with van der Waals surface area (Å²) in [7, 11) is -3.28. The number of nitriles is 1. The lowest BCUT2D eigenvalue weighted by atomic mass is 9.94. The minimum absolute atomic E-state index is 0.617. The second-order valence-electron chi connectivity index (χ2n) is 4.80. The summed E-state index contributed by atoms with van der Waals surface area (Å²) in [5, 5.41) is 10.1. The molecule has 1 aliphatic heterocycles. The van der Waals surface area contributed by atoms with E-state index < -0.39 is 20.3 Å². The van der Waals surface area contributed by atoms with Gasteiger partial charge in [0.1, 0.15) is 15.5 Å². The van der Waals surface area contributed by atoms with E-state index in [-0.39, 0.29) is 0 Å². The minimum atomic E-state index is -3.28. The zero-order chi connectivity index (χ0) is 14.4. The van der Waals surface area contributed by atoms with E-state index in [9.17, 15) is 13.7 Å². The summed E-state index contributed by atoms with van der Waals surface area (Å²) in [6.07, 6.45) is 2.02. The number of rotatable bonds is 2. The van der Waals surface area contributed by atoms with Crippen LogP contribution in [0.4, 0.5) is 0 Å². The maximum absolute atomic E-state index is 11.8. The zero-order valence-electron chi connectivity index (χ0n) is 11.4. The topological polar surface area (TPSA) is 70.8 Å². The number of fused-ring (bicyclic) bond motifs is 1. The van der Waals surface area contributed by atoms with E-state index in [2.05, 4.69) is 11.1 Å². The first kappa shape index (κ1) is 14.4. The van der Waals surface area contributed by atoms with E-state index in [4.69, 9.17) is 0 Å². The molecule has 0 N–H and O–H groups in total. The molecule has 0 saturated carbocycles. The predicted molar refractivity (Wildman–Crippen MR) is 75.9 cm³/mol. The Bertz CT molecular complexity index is 675. The molecule has 19 heavy (non-hydrogen) atoms. The molecule has 2 rings (SSSR count). The molecular formula is C13H16N2O2S2. The normalized spacial score (nSPS) is 22.1. The van der Waals surface area contributed by atoms with Crippen molar-refractivity contribution in [1.82, 2.24) is 4.98 Å². The number of aromatic nitrogens is 1. The molecule has 0 bridgehead atoms. The minimum Gasteiger partial charge on any atom is -0.246 e. The van der Waals surface area contributed by atoms with Crippen molar-refractivity contribution < 1.29 is 8.42 Å². The molecule has 1 aromatic heterocycles. The van der Waals surface area contributed by atoms with Crippen molar-refractivity contribution in [3.8, 4) is 6.07 Å². The highest BCUT2D eigenvalue weighted by molar-refractivity contribution is 8.13. The molecule has 2 unspecified atom stereocenters. The molecule has 0 radical (unpaired) electrons. The molecule has 0 spiro atoms. The summed E-state index contributed by atoms with van der Waals surface area (Å²) in [5.41, 5.74) is 3.88. The number of nitrogens with zero attached hydrogens (tertiary/aromatic N) is 2. The van der Waals surface area contributed by atoms with Crippen molar-refractivity contribution in [2.45, 2.75) is 42.7 Å². The van der Waals surface area contributed by atoms with Crippen molar-refractivity contribution in [2.24, 2.45) is 0 Å². The Labute approximate surface area is 118 Å². The van der Waals surface area contributed by atoms with Gasteiger partial charge < -0.3 is 0 Å². The van der Waals surface area contributed by atoms with Crippen molar-refractivity contribution in [3.05, 3.63) is 22.4 Å². The average Bonchev–Trinajstić information content (AvgIpc) is 2.67. The van der Waals surface area contributed by atoms with Gasteiger partial charge in [-0.3, -0.25) is 0 Å². The monoisotopic (exact) mass is 296 g/mol. The van der Waals surface area contributed by atoms with E-state index in [1.54, 1.807) is 0 Å². The van der Waals surface area contributed by atoms with Gasteiger partial charge in [-0.05, 0) is 31.4 Å². The highest BCUT2D eigenvalue weighted by Gasteiger charge is 2.42. The first-order chi connectivity index (χ1) is 8.81. The van der Waals surface area contributed by atoms with Crippen LogP contribution in [-0.2, 0) is 16.3 Å². The van der Waals surface area contributed by atoms with Crippen molar-refractivity contribution in [1.29, 1.82) is 5.26 Å². The maximum atomic E-state index is 11.8.